The second-order valence-corrected chi connectivity index (χ2v) is 8.80. The molecule has 2 aliphatic heterocycles. The number of piperidine rings is 1. The van der Waals surface area contributed by atoms with Crippen LogP contribution in [0.25, 0.3) is 0 Å². The molecule has 10 heteroatoms. The molecule has 0 aromatic carbocycles. The van der Waals surface area contributed by atoms with E-state index in [0.29, 0.717) is 19.4 Å². The van der Waals surface area contributed by atoms with Crippen LogP contribution in [-0.4, -0.2) is 71.9 Å². The van der Waals surface area contributed by atoms with E-state index in [1.165, 1.54) is 4.31 Å². The first-order valence-electron chi connectivity index (χ1n) is 8.11. The van der Waals surface area contributed by atoms with Gasteiger partial charge in [-0.15, -0.1) is 0 Å². The van der Waals surface area contributed by atoms with Gasteiger partial charge in [0.15, 0.2) is 0 Å². The van der Waals surface area contributed by atoms with Crippen LogP contribution < -0.4 is 5.32 Å². The van der Waals surface area contributed by atoms with Crippen LogP contribution in [0.15, 0.2) is 0 Å². The number of nitrogens with one attached hydrogen (secondary N) is 1. The Labute approximate surface area is 146 Å². The molecular formula is C14H23N3O5S2. The first-order valence-corrected chi connectivity index (χ1v) is 10.7. The van der Waals surface area contributed by atoms with Gasteiger partial charge in [-0.1, -0.05) is 25.1 Å². The van der Waals surface area contributed by atoms with E-state index in [-0.39, 0.29) is 41.6 Å². The molecule has 0 radical (unpaired) electrons. The van der Waals surface area contributed by atoms with Gasteiger partial charge in [-0.25, -0.2) is 8.42 Å². The van der Waals surface area contributed by atoms with Crippen LogP contribution in [0.2, 0.25) is 0 Å². The van der Waals surface area contributed by atoms with Crippen LogP contribution in [-0.2, 0) is 19.6 Å². The van der Waals surface area contributed by atoms with Crippen LogP contribution in [0.3, 0.4) is 0 Å². The van der Waals surface area contributed by atoms with Crippen LogP contribution in [0.5, 0.6) is 0 Å². The van der Waals surface area contributed by atoms with Gasteiger partial charge in [-0.2, -0.15) is 4.31 Å². The molecule has 0 spiro atoms. The highest BCUT2D eigenvalue weighted by Crippen LogP contribution is 2.22. The minimum absolute atomic E-state index is 0.0325. The Morgan fingerprint density at radius 2 is 2.08 bits per heavy atom. The Bertz CT molecular complexity index is 592. The zero-order chi connectivity index (χ0) is 17.7. The molecule has 1 N–H and O–H groups in total. The van der Waals surface area contributed by atoms with Gasteiger partial charge >= 0.3 is 0 Å². The average Bonchev–Trinajstić information content (AvgIpc) is 2.86. The van der Waals surface area contributed by atoms with Gasteiger partial charge in [0, 0.05) is 19.6 Å². The summed E-state index contributed by atoms with van der Waals surface area (Å²) >= 11 is 0.947. The molecule has 0 bridgehead atoms. The molecule has 3 amide bonds. The van der Waals surface area contributed by atoms with Crippen molar-refractivity contribution in [3.05, 3.63) is 0 Å². The highest BCUT2D eigenvalue weighted by atomic mass is 32.2. The molecular weight excluding hydrogens is 354 g/mol. The molecule has 2 rings (SSSR count). The highest BCUT2D eigenvalue weighted by molar-refractivity contribution is 8.14. The third kappa shape index (κ3) is 4.48. The Hall–Kier alpha value is -1.13. The first-order chi connectivity index (χ1) is 11.4. The predicted molar refractivity (Wildman–Crippen MR) is 91.0 cm³/mol. The molecule has 2 fully saturated rings. The summed E-state index contributed by atoms with van der Waals surface area (Å²) < 4.78 is 25.9. The molecule has 0 aromatic rings. The van der Waals surface area contributed by atoms with E-state index in [9.17, 15) is 22.8 Å². The lowest BCUT2D eigenvalue weighted by Gasteiger charge is -2.33. The lowest BCUT2D eigenvalue weighted by molar-refractivity contribution is -0.127. The third-order valence-corrected chi connectivity index (χ3v) is 6.99. The van der Waals surface area contributed by atoms with Crippen LogP contribution in [0.1, 0.15) is 32.6 Å². The summed E-state index contributed by atoms with van der Waals surface area (Å²) in [6.45, 7) is 2.40. The first kappa shape index (κ1) is 19.2. The van der Waals surface area contributed by atoms with Crippen molar-refractivity contribution in [1.82, 2.24) is 14.5 Å². The van der Waals surface area contributed by atoms with Gasteiger partial charge in [0.1, 0.15) is 6.04 Å². The van der Waals surface area contributed by atoms with Crippen molar-refractivity contribution in [2.45, 2.75) is 38.6 Å². The molecule has 8 nitrogen and oxygen atoms in total. The van der Waals surface area contributed by atoms with Crippen molar-refractivity contribution < 1.29 is 22.8 Å². The Balaban J connectivity index is 1.92. The summed E-state index contributed by atoms with van der Waals surface area (Å²) in [5, 5.41) is 2.36. The number of imide groups is 1. The average molecular weight is 377 g/mol. The number of hydrogen-bond donors (Lipinski definition) is 1. The molecule has 2 heterocycles. The lowest BCUT2D eigenvalue weighted by atomic mass is 10.0. The summed E-state index contributed by atoms with van der Waals surface area (Å²) in [5.74, 6) is -0.450. The molecule has 2 aliphatic rings. The Morgan fingerprint density at radius 1 is 1.33 bits per heavy atom. The summed E-state index contributed by atoms with van der Waals surface area (Å²) in [7, 11) is -3.44. The van der Waals surface area contributed by atoms with E-state index in [2.05, 4.69) is 5.32 Å². The topological polar surface area (TPSA) is 104 Å². The summed E-state index contributed by atoms with van der Waals surface area (Å²) in [5.41, 5.74) is 0. The van der Waals surface area contributed by atoms with E-state index in [4.69, 9.17) is 0 Å². The normalized spacial score (nSPS) is 22.9. The number of amides is 3. The standard InChI is InChI=1S/C14H23N3O5S2/c1-2-9-24(21,22)17-7-4-3-5-11(17)13(19)15-6-8-16-12(18)10-23-14(16)20/h11H,2-10H2,1H3,(H,15,19). The maximum absolute atomic E-state index is 12.4. The van der Waals surface area contributed by atoms with Crippen LogP contribution >= 0.6 is 11.8 Å². The molecule has 136 valence electrons. The molecule has 1 unspecified atom stereocenters. The fourth-order valence-electron chi connectivity index (χ4n) is 2.88. The minimum Gasteiger partial charge on any atom is -0.353 e. The van der Waals surface area contributed by atoms with Crippen molar-refractivity contribution >= 4 is 38.8 Å². The van der Waals surface area contributed by atoms with Crippen molar-refractivity contribution in [2.24, 2.45) is 0 Å². The van der Waals surface area contributed by atoms with E-state index < -0.39 is 16.1 Å². The van der Waals surface area contributed by atoms with Gasteiger partial charge < -0.3 is 5.32 Å². The maximum Gasteiger partial charge on any atom is 0.288 e. The lowest BCUT2D eigenvalue weighted by Crippen LogP contribution is -2.53. The summed E-state index contributed by atoms with van der Waals surface area (Å²) in [6.07, 6.45) is 2.55. The Kier molecular flexibility index (Phi) is 6.64. The fraction of sp³-hybridized carbons (Fsp3) is 0.786. The molecule has 24 heavy (non-hydrogen) atoms. The van der Waals surface area contributed by atoms with E-state index in [1.54, 1.807) is 6.92 Å². The molecule has 0 saturated carbocycles. The van der Waals surface area contributed by atoms with Gasteiger partial charge in [0.25, 0.3) is 5.24 Å². The second-order valence-electron chi connectivity index (χ2n) is 5.83. The summed E-state index contributed by atoms with van der Waals surface area (Å²) in [6, 6.07) is -0.699. The molecule has 0 aliphatic carbocycles. The number of hydrogen-bond acceptors (Lipinski definition) is 6. The zero-order valence-corrected chi connectivity index (χ0v) is 15.3. The molecule has 0 aromatic heterocycles. The third-order valence-electron chi connectivity index (χ3n) is 4.05. The van der Waals surface area contributed by atoms with E-state index in [1.807, 2.05) is 0 Å². The maximum atomic E-state index is 12.4. The zero-order valence-electron chi connectivity index (χ0n) is 13.7. The quantitative estimate of drug-likeness (QED) is 0.688. The van der Waals surface area contributed by atoms with Crippen molar-refractivity contribution in [2.75, 3.05) is 31.1 Å². The smallest absolute Gasteiger partial charge is 0.288 e. The highest BCUT2D eigenvalue weighted by Gasteiger charge is 2.36. The van der Waals surface area contributed by atoms with Crippen molar-refractivity contribution in [3.8, 4) is 0 Å². The number of sulfonamides is 1. The molecule has 1 atom stereocenters. The van der Waals surface area contributed by atoms with Crippen LogP contribution in [0.4, 0.5) is 4.79 Å². The van der Waals surface area contributed by atoms with Crippen molar-refractivity contribution in [1.29, 1.82) is 0 Å². The minimum atomic E-state index is -3.44. The second kappa shape index (κ2) is 8.30. The van der Waals surface area contributed by atoms with Gasteiger partial charge in [0.2, 0.25) is 21.8 Å². The van der Waals surface area contributed by atoms with Gasteiger partial charge in [0.05, 0.1) is 11.5 Å². The SMILES string of the molecule is CCCS(=O)(=O)N1CCCCC1C(=O)NCCN1C(=O)CSC1=O. The fourth-order valence-corrected chi connectivity index (χ4v) is 5.38. The van der Waals surface area contributed by atoms with Gasteiger partial charge in [-0.3, -0.25) is 19.3 Å². The van der Waals surface area contributed by atoms with Crippen molar-refractivity contribution in [3.63, 3.8) is 0 Å². The number of carbonyl (C=O) groups excluding carboxylic acids is 3. The van der Waals surface area contributed by atoms with E-state index in [0.717, 1.165) is 29.5 Å². The molecule has 2 saturated heterocycles. The number of rotatable bonds is 7. The van der Waals surface area contributed by atoms with E-state index >= 15 is 0 Å². The summed E-state index contributed by atoms with van der Waals surface area (Å²) in [4.78, 5) is 36.5. The number of nitrogens with zero attached hydrogens (tertiary/aromatic N) is 2. The monoisotopic (exact) mass is 377 g/mol. The number of thioether (sulfide) groups is 1. The predicted octanol–water partition coefficient (Wildman–Crippen LogP) is 0.392. The Morgan fingerprint density at radius 3 is 2.71 bits per heavy atom. The number of carbonyl (C=O) groups is 3. The van der Waals surface area contributed by atoms with Crippen LogP contribution in [0, 0.1) is 0 Å². The van der Waals surface area contributed by atoms with Gasteiger partial charge in [-0.05, 0) is 19.3 Å². The largest absolute Gasteiger partial charge is 0.353 e.